The van der Waals surface area contributed by atoms with Crippen LogP contribution in [0.4, 0.5) is 11.4 Å². The summed E-state index contributed by atoms with van der Waals surface area (Å²) >= 11 is 6.43. The van der Waals surface area contributed by atoms with Crippen molar-refractivity contribution in [1.29, 1.82) is 0 Å². The second kappa shape index (κ2) is 10.6. The van der Waals surface area contributed by atoms with E-state index >= 15 is 0 Å². The lowest BCUT2D eigenvalue weighted by Gasteiger charge is -2.41. The minimum atomic E-state index is 0.119. The third-order valence-electron chi connectivity index (χ3n) is 8.61. The molecule has 8 heteroatoms. The van der Waals surface area contributed by atoms with Gasteiger partial charge in [0, 0.05) is 82.7 Å². The second-order valence-corrected chi connectivity index (χ2v) is 11.3. The second-order valence-electron chi connectivity index (χ2n) is 10.9. The van der Waals surface area contributed by atoms with Crippen LogP contribution in [0.1, 0.15) is 28.7 Å². The Morgan fingerprint density at radius 3 is 2.46 bits per heavy atom. The number of benzene rings is 2. The Kier molecular flexibility index (Phi) is 7.04. The van der Waals surface area contributed by atoms with Crippen LogP contribution in [0.3, 0.4) is 0 Å². The van der Waals surface area contributed by atoms with E-state index < -0.39 is 0 Å². The van der Waals surface area contributed by atoms with Gasteiger partial charge >= 0.3 is 0 Å². The lowest BCUT2D eigenvalue weighted by molar-refractivity contribution is 0.0664. The van der Waals surface area contributed by atoms with Gasteiger partial charge in [0.05, 0.1) is 21.9 Å². The Hall–Kier alpha value is -3.42. The SMILES string of the molecule is Cc1c(CN2CCN(c3ccccc3Cl)CC2)cc(C(=O)N2CCN(c3cccc4cc[nH]c34)C[C@@H]2C)n1C. The molecule has 2 aromatic carbocycles. The molecular formula is C31H37ClN6O. The molecule has 0 bridgehead atoms. The van der Waals surface area contributed by atoms with Crippen LogP contribution in [-0.2, 0) is 13.6 Å². The summed E-state index contributed by atoms with van der Waals surface area (Å²) in [6.07, 6.45) is 1.99. The third-order valence-corrected chi connectivity index (χ3v) is 8.93. The summed E-state index contributed by atoms with van der Waals surface area (Å²) in [4.78, 5) is 26.5. The number of nitrogens with zero attached hydrogens (tertiary/aromatic N) is 5. The minimum absolute atomic E-state index is 0.119. The number of nitrogens with one attached hydrogen (secondary N) is 1. The molecule has 1 atom stereocenters. The number of hydrogen-bond donors (Lipinski definition) is 1. The van der Waals surface area contributed by atoms with Crippen LogP contribution in [-0.4, -0.2) is 77.1 Å². The van der Waals surface area contributed by atoms with Crippen molar-refractivity contribution in [3.63, 3.8) is 0 Å². The highest BCUT2D eigenvalue weighted by atomic mass is 35.5. The van der Waals surface area contributed by atoms with E-state index in [1.54, 1.807) is 0 Å². The van der Waals surface area contributed by atoms with Gasteiger partial charge in [0.2, 0.25) is 0 Å². The fourth-order valence-corrected chi connectivity index (χ4v) is 6.44. The van der Waals surface area contributed by atoms with Crippen molar-refractivity contribution in [2.45, 2.75) is 26.4 Å². The molecule has 2 fully saturated rings. The van der Waals surface area contributed by atoms with Crippen molar-refractivity contribution >= 4 is 39.8 Å². The number of fused-ring (bicyclic) bond motifs is 1. The summed E-state index contributed by atoms with van der Waals surface area (Å²) in [6, 6.07) is 18.8. The Morgan fingerprint density at radius 1 is 0.949 bits per heavy atom. The van der Waals surface area contributed by atoms with E-state index in [9.17, 15) is 4.79 Å². The number of rotatable bonds is 5. The monoisotopic (exact) mass is 544 g/mol. The summed E-state index contributed by atoms with van der Waals surface area (Å²) in [7, 11) is 2.02. The van der Waals surface area contributed by atoms with Crippen molar-refractivity contribution in [2.24, 2.45) is 7.05 Å². The summed E-state index contributed by atoms with van der Waals surface area (Å²) in [6.45, 7) is 11.3. The number of amides is 1. The molecule has 204 valence electrons. The number of halogens is 1. The molecule has 0 aliphatic carbocycles. The number of aromatic nitrogens is 2. The molecule has 2 aliphatic heterocycles. The van der Waals surface area contributed by atoms with E-state index in [-0.39, 0.29) is 11.9 Å². The molecule has 1 N–H and O–H groups in total. The van der Waals surface area contributed by atoms with Crippen LogP contribution in [0.25, 0.3) is 10.9 Å². The van der Waals surface area contributed by atoms with Crippen molar-refractivity contribution in [1.82, 2.24) is 19.4 Å². The third kappa shape index (κ3) is 4.90. The molecule has 4 heterocycles. The summed E-state index contributed by atoms with van der Waals surface area (Å²) in [5, 5.41) is 2.03. The maximum Gasteiger partial charge on any atom is 0.270 e. The van der Waals surface area contributed by atoms with Gasteiger partial charge in [-0.1, -0.05) is 35.9 Å². The van der Waals surface area contributed by atoms with Crippen LogP contribution in [0.2, 0.25) is 5.02 Å². The van der Waals surface area contributed by atoms with E-state index in [1.165, 1.54) is 22.2 Å². The number of hydrogen-bond acceptors (Lipinski definition) is 4. The van der Waals surface area contributed by atoms with Gasteiger partial charge in [0.15, 0.2) is 0 Å². The Morgan fingerprint density at radius 2 is 1.69 bits per heavy atom. The van der Waals surface area contributed by atoms with Crippen molar-refractivity contribution in [2.75, 3.05) is 55.6 Å². The van der Waals surface area contributed by atoms with Gasteiger partial charge < -0.3 is 24.3 Å². The van der Waals surface area contributed by atoms with Gasteiger partial charge in [0.25, 0.3) is 5.91 Å². The first-order valence-corrected chi connectivity index (χ1v) is 14.3. The van der Waals surface area contributed by atoms with E-state index in [0.717, 1.165) is 67.9 Å². The summed E-state index contributed by atoms with van der Waals surface area (Å²) < 4.78 is 2.08. The zero-order chi connectivity index (χ0) is 27.1. The number of anilines is 2. The van der Waals surface area contributed by atoms with Crippen molar-refractivity contribution < 1.29 is 4.79 Å². The molecule has 2 aromatic heterocycles. The number of H-pyrrole nitrogens is 1. The average Bonchev–Trinajstić information content (AvgIpc) is 3.54. The van der Waals surface area contributed by atoms with Gasteiger partial charge in [0.1, 0.15) is 5.69 Å². The van der Waals surface area contributed by atoms with E-state index in [4.69, 9.17) is 11.6 Å². The number of carbonyl (C=O) groups is 1. The number of piperazine rings is 2. The zero-order valence-corrected chi connectivity index (χ0v) is 23.8. The van der Waals surface area contributed by atoms with Crippen LogP contribution < -0.4 is 9.80 Å². The molecule has 4 aromatic rings. The van der Waals surface area contributed by atoms with E-state index in [1.807, 2.05) is 36.3 Å². The van der Waals surface area contributed by atoms with Gasteiger partial charge in [-0.25, -0.2) is 0 Å². The highest BCUT2D eigenvalue weighted by Gasteiger charge is 2.31. The maximum absolute atomic E-state index is 13.8. The van der Waals surface area contributed by atoms with E-state index in [2.05, 4.69) is 74.5 Å². The maximum atomic E-state index is 13.8. The molecule has 6 rings (SSSR count). The Balaban J connectivity index is 1.11. The standard InChI is InChI=1S/C31H37ClN6O/c1-22-20-37(28-10-6-7-24-11-12-33-30(24)28)17-18-38(22)31(39)29-19-25(23(2)34(29)3)21-35-13-15-36(16-14-35)27-9-5-4-8-26(27)32/h4-12,19,22,33H,13-18,20-21H2,1-3H3/t22-/m0/s1. The van der Waals surface area contributed by atoms with Crippen LogP contribution in [0.15, 0.2) is 60.8 Å². The Labute approximate surface area is 235 Å². The highest BCUT2D eigenvalue weighted by molar-refractivity contribution is 6.33. The molecule has 39 heavy (non-hydrogen) atoms. The number of aromatic amines is 1. The van der Waals surface area contributed by atoms with Crippen molar-refractivity contribution in [3.8, 4) is 0 Å². The molecule has 1 amide bonds. The molecule has 0 saturated carbocycles. The predicted molar refractivity (Wildman–Crippen MR) is 160 cm³/mol. The smallest absolute Gasteiger partial charge is 0.270 e. The minimum Gasteiger partial charge on any atom is -0.368 e. The van der Waals surface area contributed by atoms with E-state index in [0.29, 0.717) is 6.54 Å². The number of para-hydroxylation sites is 2. The lowest BCUT2D eigenvalue weighted by Crippen LogP contribution is -2.54. The predicted octanol–water partition coefficient (Wildman–Crippen LogP) is 5.14. The first-order valence-electron chi connectivity index (χ1n) is 13.9. The topological polar surface area (TPSA) is 50.8 Å². The quantitative estimate of drug-likeness (QED) is 0.378. The molecule has 7 nitrogen and oxygen atoms in total. The lowest BCUT2D eigenvalue weighted by atomic mass is 10.1. The zero-order valence-electron chi connectivity index (χ0n) is 23.0. The largest absolute Gasteiger partial charge is 0.368 e. The fraction of sp³-hybridized carbons (Fsp3) is 0.387. The molecule has 0 unspecified atom stereocenters. The van der Waals surface area contributed by atoms with Gasteiger partial charge in [-0.2, -0.15) is 0 Å². The van der Waals surface area contributed by atoms with Gasteiger partial charge in [-0.05, 0) is 49.7 Å². The summed E-state index contributed by atoms with van der Waals surface area (Å²) in [5.74, 6) is 0.126. The Bertz CT molecular complexity index is 1480. The van der Waals surface area contributed by atoms with Crippen LogP contribution in [0, 0.1) is 6.92 Å². The highest BCUT2D eigenvalue weighted by Crippen LogP contribution is 2.29. The first kappa shape index (κ1) is 25.8. The molecule has 2 aliphatic rings. The molecular weight excluding hydrogens is 508 g/mol. The normalized spacial score (nSPS) is 18.8. The molecule has 2 saturated heterocycles. The van der Waals surface area contributed by atoms with Gasteiger partial charge in [-0.15, -0.1) is 0 Å². The molecule has 0 spiro atoms. The van der Waals surface area contributed by atoms with Gasteiger partial charge in [-0.3, -0.25) is 9.69 Å². The summed E-state index contributed by atoms with van der Waals surface area (Å²) in [5.41, 5.74) is 6.67. The number of carbonyl (C=O) groups excluding carboxylic acids is 1. The average molecular weight is 545 g/mol. The van der Waals surface area contributed by atoms with Crippen LogP contribution in [0.5, 0.6) is 0 Å². The van der Waals surface area contributed by atoms with Crippen LogP contribution >= 0.6 is 11.6 Å². The van der Waals surface area contributed by atoms with Crippen molar-refractivity contribution in [3.05, 3.63) is 82.8 Å². The molecule has 0 radical (unpaired) electrons. The first-order chi connectivity index (χ1) is 18.9. The fourth-order valence-electron chi connectivity index (χ4n) is 6.18.